The Morgan fingerprint density at radius 2 is 1.75 bits per heavy atom. The molecule has 70 valence electrons. The summed E-state index contributed by atoms with van der Waals surface area (Å²) in [6, 6.07) is 0. The van der Waals surface area contributed by atoms with Crippen molar-refractivity contribution in [1.82, 2.24) is 0 Å². The normalized spacial score (nSPS) is 12.4. The molecule has 1 unspecified atom stereocenters. The molecule has 2 N–H and O–H groups in total. The van der Waals surface area contributed by atoms with Crippen molar-refractivity contribution >= 4 is 0 Å². The first-order valence-corrected chi connectivity index (χ1v) is 4.91. The van der Waals surface area contributed by atoms with Gasteiger partial charge in [-0.25, -0.2) is 0 Å². The van der Waals surface area contributed by atoms with E-state index >= 15 is 0 Å². The van der Waals surface area contributed by atoms with Gasteiger partial charge in [0.15, 0.2) is 0 Å². The molecular weight excluding hydrogens is 150 g/mol. The van der Waals surface area contributed by atoms with Gasteiger partial charge >= 0.3 is 6.17 Å². The highest BCUT2D eigenvalue weighted by atomic mass is 15.0. The van der Waals surface area contributed by atoms with Crippen LogP contribution in [0, 0.1) is 5.39 Å². The minimum atomic E-state index is -0.365. The van der Waals surface area contributed by atoms with Crippen LogP contribution in [0.25, 0.3) is 4.98 Å². The van der Waals surface area contributed by atoms with Crippen molar-refractivity contribution in [2.45, 2.75) is 58.0 Å². The minimum absolute atomic E-state index is 0.365. The van der Waals surface area contributed by atoms with E-state index in [1.165, 1.54) is 32.1 Å². The summed E-state index contributed by atoms with van der Waals surface area (Å²) in [6.07, 6.45) is 7.95. The molecule has 0 rings (SSSR count). The molecule has 0 saturated heterocycles. The van der Waals surface area contributed by atoms with Gasteiger partial charge in [0.05, 0.1) is 0 Å². The largest absolute Gasteiger partial charge is 0.366 e. The topological polar surface area (TPSA) is 54.2 Å². The summed E-state index contributed by atoms with van der Waals surface area (Å²) in [5, 5.41) is 8.28. The monoisotopic (exact) mass is 170 g/mol. The third kappa shape index (κ3) is 7.49. The zero-order valence-electron chi connectivity index (χ0n) is 8.00. The standard InChI is InChI=1S/C9H20N3/c1-2-3-4-5-6-7-8-9(10)12-11/h9H,2-8,10H2,1H3/q+1. The van der Waals surface area contributed by atoms with Gasteiger partial charge < -0.3 is 0 Å². The minimum Gasteiger partial charge on any atom is -0.254 e. The Hall–Kier alpha value is -0.620. The van der Waals surface area contributed by atoms with Gasteiger partial charge in [0.1, 0.15) is 4.98 Å². The third-order valence-electron chi connectivity index (χ3n) is 2.00. The third-order valence-corrected chi connectivity index (χ3v) is 2.00. The lowest BCUT2D eigenvalue weighted by Gasteiger charge is -1.97. The molecular formula is C9H20N3+. The van der Waals surface area contributed by atoms with Gasteiger partial charge in [-0.3, -0.25) is 5.73 Å². The van der Waals surface area contributed by atoms with Crippen LogP contribution in [-0.2, 0) is 0 Å². The second-order valence-electron chi connectivity index (χ2n) is 3.24. The van der Waals surface area contributed by atoms with Gasteiger partial charge in [0.25, 0.3) is 0 Å². The number of diazo groups is 1. The van der Waals surface area contributed by atoms with Gasteiger partial charge in [0, 0.05) is 6.42 Å². The maximum absolute atomic E-state index is 8.28. The number of nitrogens with two attached hydrogens (primary N) is 1. The second kappa shape index (κ2) is 8.48. The van der Waals surface area contributed by atoms with Gasteiger partial charge in [0.2, 0.25) is 5.39 Å². The van der Waals surface area contributed by atoms with Crippen LogP contribution in [-0.4, -0.2) is 6.17 Å². The van der Waals surface area contributed by atoms with Crippen molar-refractivity contribution in [3.8, 4) is 0 Å². The van der Waals surface area contributed by atoms with E-state index in [0.29, 0.717) is 0 Å². The van der Waals surface area contributed by atoms with E-state index in [1.54, 1.807) is 0 Å². The Balaban J connectivity index is 2.96. The van der Waals surface area contributed by atoms with Crippen LogP contribution in [0.4, 0.5) is 0 Å². The zero-order chi connectivity index (χ0) is 9.23. The lowest BCUT2D eigenvalue weighted by molar-refractivity contribution is 0.567. The highest BCUT2D eigenvalue weighted by molar-refractivity contribution is 4.67. The van der Waals surface area contributed by atoms with Gasteiger partial charge in [-0.15, -0.1) is 0 Å². The number of hydrogen-bond acceptors (Lipinski definition) is 2. The maximum atomic E-state index is 8.28. The first kappa shape index (κ1) is 11.4. The summed E-state index contributed by atoms with van der Waals surface area (Å²) in [6.45, 7) is 2.21. The summed E-state index contributed by atoms with van der Waals surface area (Å²) < 4.78 is 0. The second-order valence-corrected chi connectivity index (χ2v) is 3.24. The van der Waals surface area contributed by atoms with E-state index in [4.69, 9.17) is 11.1 Å². The first-order chi connectivity index (χ1) is 5.81. The predicted octanol–water partition coefficient (Wildman–Crippen LogP) is 2.87. The van der Waals surface area contributed by atoms with Crippen molar-refractivity contribution in [2.75, 3.05) is 0 Å². The molecule has 0 aromatic rings. The first-order valence-electron chi connectivity index (χ1n) is 4.91. The van der Waals surface area contributed by atoms with E-state index in [-0.39, 0.29) is 6.17 Å². The van der Waals surface area contributed by atoms with E-state index < -0.39 is 0 Å². The van der Waals surface area contributed by atoms with Crippen molar-refractivity contribution in [3.63, 3.8) is 0 Å². The number of nitrogens with zero attached hydrogens (tertiary/aromatic N) is 2. The van der Waals surface area contributed by atoms with Gasteiger partial charge in [-0.1, -0.05) is 39.0 Å². The molecule has 1 atom stereocenters. The molecule has 12 heavy (non-hydrogen) atoms. The number of hydrogen-bond donors (Lipinski definition) is 1. The van der Waals surface area contributed by atoms with Crippen LogP contribution in [0.3, 0.4) is 0 Å². The van der Waals surface area contributed by atoms with Crippen molar-refractivity contribution in [3.05, 3.63) is 4.98 Å². The molecule has 0 aliphatic carbocycles. The molecule has 0 amide bonds. The van der Waals surface area contributed by atoms with Crippen LogP contribution in [0.2, 0.25) is 0 Å². The Bertz CT molecular complexity index is 128. The van der Waals surface area contributed by atoms with Crippen LogP contribution in [0.15, 0.2) is 0 Å². The summed E-state index contributed by atoms with van der Waals surface area (Å²) in [7, 11) is 0. The SMILES string of the molecule is CCCCCCCCC(N)[N+]#N. The highest BCUT2D eigenvalue weighted by Gasteiger charge is 2.10. The summed E-state index contributed by atoms with van der Waals surface area (Å²) in [4.78, 5) is 3.00. The van der Waals surface area contributed by atoms with Gasteiger partial charge in [-0.2, -0.15) is 0 Å². The average Bonchev–Trinajstić information content (AvgIpc) is 2.10. The molecule has 0 aromatic heterocycles. The van der Waals surface area contributed by atoms with Crippen LogP contribution in [0.1, 0.15) is 51.9 Å². The molecule has 3 nitrogen and oxygen atoms in total. The fourth-order valence-electron chi connectivity index (χ4n) is 1.19. The van der Waals surface area contributed by atoms with Gasteiger partial charge in [-0.05, 0) is 6.42 Å². The molecule has 0 aromatic carbocycles. The molecule has 0 heterocycles. The van der Waals surface area contributed by atoms with Crippen molar-refractivity contribution in [2.24, 2.45) is 5.73 Å². The molecule has 0 radical (unpaired) electrons. The zero-order valence-corrected chi connectivity index (χ0v) is 8.00. The Morgan fingerprint density at radius 1 is 1.17 bits per heavy atom. The summed E-state index contributed by atoms with van der Waals surface area (Å²) in [5.41, 5.74) is 5.40. The Morgan fingerprint density at radius 3 is 2.33 bits per heavy atom. The fourth-order valence-corrected chi connectivity index (χ4v) is 1.19. The molecule has 3 heteroatoms. The Kier molecular flexibility index (Phi) is 8.04. The van der Waals surface area contributed by atoms with Crippen LogP contribution >= 0.6 is 0 Å². The van der Waals surface area contributed by atoms with E-state index in [2.05, 4.69) is 11.9 Å². The maximum Gasteiger partial charge on any atom is 0.366 e. The lowest BCUT2D eigenvalue weighted by Crippen LogP contribution is -2.13. The summed E-state index contributed by atoms with van der Waals surface area (Å²) >= 11 is 0. The average molecular weight is 170 g/mol. The Labute approximate surface area is 75.0 Å². The van der Waals surface area contributed by atoms with E-state index in [9.17, 15) is 0 Å². The number of rotatable bonds is 7. The molecule has 0 bridgehead atoms. The van der Waals surface area contributed by atoms with Crippen LogP contribution < -0.4 is 5.73 Å². The molecule has 0 spiro atoms. The predicted molar refractivity (Wildman–Crippen MR) is 51.1 cm³/mol. The summed E-state index contributed by atoms with van der Waals surface area (Å²) in [5.74, 6) is 0. The van der Waals surface area contributed by atoms with E-state index in [1.807, 2.05) is 0 Å². The van der Waals surface area contributed by atoms with E-state index in [0.717, 1.165) is 12.8 Å². The fraction of sp³-hybridized carbons (Fsp3) is 1.00. The molecule has 0 saturated carbocycles. The lowest BCUT2D eigenvalue weighted by atomic mass is 10.1. The molecule has 0 aliphatic rings. The highest BCUT2D eigenvalue weighted by Crippen LogP contribution is 2.07. The van der Waals surface area contributed by atoms with Crippen molar-refractivity contribution in [1.29, 1.82) is 5.39 Å². The molecule has 0 aliphatic heterocycles. The quantitative estimate of drug-likeness (QED) is 0.472. The number of unbranched alkanes of at least 4 members (excludes halogenated alkanes) is 5. The smallest absolute Gasteiger partial charge is 0.254 e. The van der Waals surface area contributed by atoms with Crippen LogP contribution in [0.5, 0.6) is 0 Å². The molecule has 0 fully saturated rings. The van der Waals surface area contributed by atoms with Crippen molar-refractivity contribution < 1.29 is 0 Å².